The summed E-state index contributed by atoms with van der Waals surface area (Å²) in [7, 11) is -3.69. The lowest BCUT2D eigenvalue weighted by Crippen LogP contribution is -2.36. The van der Waals surface area contributed by atoms with Gasteiger partial charge in [-0.1, -0.05) is 0 Å². The monoisotopic (exact) mass is 538 g/mol. The molecule has 2 unspecified atom stereocenters. The zero-order valence-corrected chi connectivity index (χ0v) is 21.3. The van der Waals surface area contributed by atoms with Gasteiger partial charge in [-0.05, 0) is 66.4 Å². The zero-order chi connectivity index (χ0) is 26.3. The quantitative estimate of drug-likeness (QED) is 0.492. The number of nitrogens with one attached hydrogen (secondary N) is 1. The van der Waals surface area contributed by atoms with Gasteiger partial charge in [-0.3, -0.25) is 9.78 Å². The van der Waals surface area contributed by atoms with Crippen LogP contribution >= 0.6 is 0 Å². The van der Waals surface area contributed by atoms with Gasteiger partial charge in [0.2, 0.25) is 15.9 Å². The topological polar surface area (TPSA) is 101 Å². The Morgan fingerprint density at radius 3 is 2.29 bits per heavy atom. The number of nitrogens with zero attached hydrogens (tertiary/aromatic N) is 3. The Morgan fingerprint density at radius 1 is 0.974 bits per heavy atom. The van der Waals surface area contributed by atoms with Crippen LogP contribution < -0.4 is 15.0 Å². The number of halogens is 1. The van der Waals surface area contributed by atoms with E-state index >= 15 is 0 Å². The third kappa shape index (κ3) is 4.84. The van der Waals surface area contributed by atoms with Crippen LogP contribution in [0, 0.1) is 23.6 Å². The number of carbonyl (C=O) groups is 1. The minimum atomic E-state index is -3.69. The van der Waals surface area contributed by atoms with Crippen molar-refractivity contribution in [3.05, 3.63) is 72.8 Å². The van der Waals surface area contributed by atoms with Crippen LogP contribution in [0.25, 0.3) is 0 Å². The second-order valence-corrected chi connectivity index (χ2v) is 11.6. The van der Waals surface area contributed by atoms with Crippen molar-refractivity contribution in [2.24, 2.45) is 17.8 Å². The van der Waals surface area contributed by atoms with Crippen molar-refractivity contribution in [3.63, 3.8) is 0 Å². The minimum absolute atomic E-state index is 0.0449. The Hall–Kier alpha value is -3.54. The highest BCUT2D eigenvalue weighted by molar-refractivity contribution is 7.89. The first kappa shape index (κ1) is 24.8. The average molecular weight is 539 g/mol. The van der Waals surface area contributed by atoms with Gasteiger partial charge >= 0.3 is 0 Å². The molecule has 1 amide bonds. The van der Waals surface area contributed by atoms with E-state index in [1.165, 1.54) is 22.5 Å². The number of rotatable bonds is 7. The van der Waals surface area contributed by atoms with E-state index in [-0.39, 0.29) is 41.6 Å². The maximum absolute atomic E-state index is 14.7. The van der Waals surface area contributed by atoms with Crippen molar-refractivity contribution in [2.75, 3.05) is 49.6 Å². The molecular formula is C27H27FN4O5S. The number of anilines is 2. The number of hydrogen-bond donors (Lipinski definition) is 1. The number of benzene rings is 2. The lowest BCUT2D eigenvalue weighted by molar-refractivity contribution is -0.118. The Labute approximate surface area is 220 Å². The predicted octanol–water partition coefficient (Wildman–Crippen LogP) is 3.35. The maximum atomic E-state index is 14.7. The standard InChI is InChI=1S/C27H27FN4O5S/c28-24-15-18(1-6-25(24)31-11-13-36-14-12-31)30-27(33)26-22-16-32(17-23(22)26)38(34,35)21-4-2-19(3-5-21)37-20-7-9-29-10-8-20/h1-10,15,22-23,26H,11-14,16-17H2,(H,30,33). The molecule has 3 fully saturated rings. The van der Waals surface area contributed by atoms with Gasteiger partial charge in [0.05, 0.1) is 23.8 Å². The average Bonchev–Trinajstić information content (AvgIpc) is 3.43. The molecular weight excluding hydrogens is 511 g/mol. The summed E-state index contributed by atoms with van der Waals surface area (Å²) in [5.41, 5.74) is 0.889. The normalized spacial score (nSPS) is 23.1. The number of aromatic nitrogens is 1. The number of hydrogen-bond acceptors (Lipinski definition) is 7. The van der Waals surface area contributed by atoms with Gasteiger partial charge in [-0.25, -0.2) is 12.8 Å². The van der Waals surface area contributed by atoms with Gasteiger partial charge in [0.25, 0.3) is 0 Å². The maximum Gasteiger partial charge on any atom is 0.243 e. The van der Waals surface area contributed by atoms with E-state index in [1.807, 2.05) is 4.90 Å². The van der Waals surface area contributed by atoms with E-state index in [0.29, 0.717) is 49.2 Å². The Bertz CT molecular complexity index is 1420. The second-order valence-electron chi connectivity index (χ2n) is 9.69. The fraction of sp³-hybridized carbons (Fsp3) is 0.333. The van der Waals surface area contributed by atoms with E-state index in [0.717, 1.165) is 0 Å². The zero-order valence-electron chi connectivity index (χ0n) is 20.5. The molecule has 2 saturated heterocycles. The minimum Gasteiger partial charge on any atom is -0.457 e. The van der Waals surface area contributed by atoms with Gasteiger partial charge in [0, 0.05) is 50.2 Å². The largest absolute Gasteiger partial charge is 0.457 e. The molecule has 198 valence electrons. The van der Waals surface area contributed by atoms with E-state index in [4.69, 9.17) is 9.47 Å². The Balaban J connectivity index is 1.04. The van der Waals surface area contributed by atoms with E-state index < -0.39 is 15.8 Å². The molecule has 2 aliphatic heterocycles. The SMILES string of the molecule is O=C(Nc1ccc(N2CCOCC2)c(F)c1)C1C2CN(S(=O)(=O)c3ccc(Oc4ccncc4)cc3)CC21. The smallest absolute Gasteiger partial charge is 0.243 e. The van der Waals surface area contributed by atoms with Crippen LogP contribution in [0.4, 0.5) is 15.8 Å². The molecule has 1 aliphatic carbocycles. The van der Waals surface area contributed by atoms with E-state index in [1.54, 1.807) is 48.8 Å². The molecule has 38 heavy (non-hydrogen) atoms. The molecule has 2 atom stereocenters. The van der Waals surface area contributed by atoms with Gasteiger partial charge in [0.1, 0.15) is 17.3 Å². The fourth-order valence-electron chi connectivity index (χ4n) is 5.31. The number of carbonyl (C=O) groups excluding carboxylic acids is 1. The van der Waals surface area contributed by atoms with Gasteiger partial charge in [0.15, 0.2) is 0 Å². The lowest BCUT2D eigenvalue weighted by Gasteiger charge is -2.29. The number of piperidine rings is 1. The van der Waals surface area contributed by atoms with Crippen molar-refractivity contribution >= 4 is 27.3 Å². The van der Waals surface area contributed by atoms with Crippen molar-refractivity contribution in [2.45, 2.75) is 4.90 Å². The molecule has 9 nitrogen and oxygen atoms in total. The van der Waals surface area contributed by atoms with Crippen LogP contribution in [0.3, 0.4) is 0 Å². The van der Waals surface area contributed by atoms with Crippen LogP contribution in [0.15, 0.2) is 71.9 Å². The first-order chi connectivity index (χ1) is 18.4. The highest BCUT2D eigenvalue weighted by Crippen LogP contribution is 2.53. The molecule has 3 aliphatic rings. The molecule has 1 aromatic heterocycles. The number of amides is 1. The van der Waals surface area contributed by atoms with Crippen molar-refractivity contribution in [3.8, 4) is 11.5 Å². The van der Waals surface area contributed by atoms with Gasteiger partial charge < -0.3 is 19.7 Å². The summed E-state index contributed by atoms with van der Waals surface area (Å²) in [6.07, 6.45) is 3.22. The third-order valence-electron chi connectivity index (χ3n) is 7.38. The number of fused-ring (bicyclic) bond motifs is 1. The van der Waals surface area contributed by atoms with Crippen molar-refractivity contribution in [1.82, 2.24) is 9.29 Å². The van der Waals surface area contributed by atoms with E-state index in [9.17, 15) is 17.6 Å². The van der Waals surface area contributed by atoms with Gasteiger partial charge in [-0.2, -0.15) is 4.31 Å². The molecule has 1 N–H and O–H groups in total. The number of sulfonamides is 1. The second kappa shape index (κ2) is 9.97. The Morgan fingerprint density at radius 2 is 1.63 bits per heavy atom. The summed E-state index contributed by atoms with van der Waals surface area (Å²) < 4.78 is 53.5. The molecule has 3 aromatic rings. The summed E-state index contributed by atoms with van der Waals surface area (Å²) >= 11 is 0. The highest BCUT2D eigenvalue weighted by atomic mass is 32.2. The van der Waals surface area contributed by atoms with Crippen molar-refractivity contribution in [1.29, 1.82) is 0 Å². The summed E-state index contributed by atoms with van der Waals surface area (Å²) in [6, 6.07) is 14.4. The summed E-state index contributed by atoms with van der Waals surface area (Å²) in [5.74, 6) is 0.164. The van der Waals surface area contributed by atoms with Crippen molar-refractivity contribution < 1.29 is 27.1 Å². The molecule has 1 saturated carbocycles. The first-order valence-electron chi connectivity index (χ1n) is 12.5. The molecule has 0 spiro atoms. The molecule has 0 bridgehead atoms. The van der Waals surface area contributed by atoms with Crippen LogP contribution in [0.1, 0.15) is 0 Å². The lowest BCUT2D eigenvalue weighted by atomic mass is 10.2. The summed E-state index contributed by atoms with van der Waals surface area (Å²) in [4.78, 5) is 18.9. The Kier molecular flexibility index (Phi) is 6.50. The molecule has 11 heteroatoms. The van der Waals surface area contributed by atoms with Crippen LogP contribution in [0.2, 0.25) is 0 Å². The number of morpholine rings is 1. The van der Waals surface area contributed by atoms with Crippen LogP contribution in [0.5, 0.6) is 11.5 Å². The van der Waals surface area contributed by atoms with E-state index in [2.05, 4.69) is 10.3 Å². The highest BCUT2D eigenvalue weighted by Gasteiger charge is 2.61. The fourth-order valence-corrected chi connectivity index (χ4v) is 6.83. The summed E-state index contributed by atoms with van der Waals surface area (Å²) in [5, 5.41) is 2.81. The van der Waals surface area contributed by atoms with Gasteiger partial charge in [-0.15, -0.1) is 0 Å². The molecule has 3 heterocycles. The van der Waals surface area contributed by atoms with Crippen LogP contribution in [-0.2, 0) is 19.6 Å². The van der Waals surface area contributed by atoms with Crippen LogP contribution in [-0.4, -0.2) is 63.0 Å². The molecule has 2 aromatic carbocycles. The summed E-state index contributed by atoms with van der Waals surface area (Å²) in [6.45, 7) is 2.92. The first-order valence-corrected chi connectivity index (χ1v) is 14.0. The number of ether oxygens (including phenoxy) is 2. The third-order valence-corrected chi connectivity index (χ3v) is 9.22. The molecule has 0 radical (unpaired) electrons. The molecule has 6 rings (SSSR count). The number of pyridine rings is 1. The predicted molar refractivity (Wildman–Crippen MR) is 138 cm³/mol.